The maximum atomic E-state index is 10.8. The number of phenols is 1. The van der Waals surface area contributed by atoms with E-state index in [4.69, 9.17) is 38.2 Å². The van der Waals surface area contributed by atoms with Gasteiger partial charge in [0.05, 0.1) is 24.8 Å². The standard InChI is InChI=1S/C11H13ClO3.C8H8O3.C4H8BrCl/c12-7-1-2-8-15-10-5-3-9(4-6-10)11(13)14;1-11-8(10)6-2-4-7(9)5-3-6;5-3-1-2-4-6/h3-6H,1-2,7-8H2,(H,13,14);2-5,9H,1H3;1-4H2. The zero-order valence-electron chi connectivity index (χ0n) is 17.9. The second-order valence-electron chi connectivity index (χ2n) is 6.20. The van der Waals surface area contributed by atoms with Crippen LogP contribution < -0.4 is 4.74 Å². The van der Waals surface area contributed by atoms with Crippen LogP contribution in [-0.2, 0) is 4.74 Å². The second kappa shape index (κ2) is 19.7. The molecule has 0 saturated carbocycles. The first kappa shape index (κ1) is 30.0. The van der Waals surface area contributed by atoms with Gasteiger partial charge in [-0.2, -0.15) is 0 Å². The van der Waals surface area contributed by atoms with Crippen LogP contribution in [0, 0.1) is 0 Å². The third-order valence-corrected chi connectivity index (χ3v) is 4.80. The van der Waals surface area contributed by atoms with Gasteiger partial charge < -0.3 is 19.7 Å². The van der Waals surface area contributed by atoms with Gasteiger partial charge in [-0.05, 0) is 74.2 Å². The Hall–Kier alpha value is -1.96. The molecule has 0 aliphatic rings. The van der Waals surface area contributed by atoms with E-state index < -0.39 is 11.9 Å². The fraction of sp³-hybridized carbons (Fsp3) is 0.391. The smallest absolute Gasteiger partial charge is 0.337 e. The number of benzene rings is 2. The molecule has 0 aliphatic heterocycles. The van der Waals surface area contributed by atoms with Gasteiger partial charge >= 0.3 is 11.9 Å². The van der Waals surface area contributed by atoms with Crippen molar-refractivity contribution in [2.75, 3.05) is 30.8 Å². The van der Waals surface area contributed by atoms with E-state index in [1.807, 2.05) is 0 Å². The highest BCUT2D eigenvalue weighted by atomic mass is 79.9. The Morgan fingerprint density at radius 3 is 1.84 bits per heavy atom. The van der Waals surface area contributed by atoms with Gasteiger partial charge in [0.2, 0.25) is 0 Å². The molecule has 6 nitrogen and oxygen atoms in total. The summed E-state index contributed by atoms with van der Waals surface area (Å²) in [7, 11) is 1.31. The molecule has 0 radical (unpaired) electrons. The zero-order chi connectivity index (χ0) is 24.2. The van der Waals surface area contributed by atoms with Crippen LogP contribution in [0.5, 0.6) is 11.5 Å². The molecule has 0 atom stereocenters. The number of hydrogen-bond acceptors (Lipinski definition) is 5. The summed E-state index contributed by atoms with van der Waals surface area (Å²) in [6.45, 7) is 0.610. The van der Waals surface area contributed by atoms with Crippen molar-refractivity contribution < 1.29 is 29.3 Å². The van der Waals surface area contributed by atoms with E-state index in [9.17, 15) is 9.59 Å². The number of hydrogen-bond donors (Lipinski definition) is 2. The monoisotopic (exact) mass is 550 g/mol. The maximum absolute atomic E-state index is 10.8. The van der Waals surface area contributed by atoms with E-state index in [-0.39, 0.29) is 11.3 Å². The van der Waals surface area contributed by atoms with Crippen molar-refractivity contribution in [1.82, 2.24) is 0 Å². The van der Waals surface area contributed by atoms with Crippen molar-refractivity contribution in [3.8, 4) is 11.5 Å². The van der Waals surface area contributed by atoms with E-state index >= 15 is 0 Å². The lowest BCUT2D eigenvalue weighted by atomic mass is 10.2. The molecule has 178 valence electrons. The molecule has 0 amide bonds. The number of alkyl halides is 3. The molecule has 2 N–H and O–H groups in total. The molecule has 2 rings (SSSR count). The maximum Gasteiger partial charge on any atom is 0.337 e. The van der Waals surface area contributed by atoms with Crippen LogP contribution >= 0.6 is 39.1 Å². The summed E-state index contributed by atoms with van der Waals surface area (Å²) in [4.78, 5) is 21.4. The van der Waals surface area contributed by atoms with Gasteiger partial charge in [0.15, 0.2) is 0 Å². The fourth-order valence-corrected chi connectivity index (χ4v) is 2.76. The van der Waals surface area contributed by atoms with E-state index in [0.717, 1.165) is 30.5 Å². The topological polar surface area (TPSA) is 93.1 Å². The Morgan fingerprint density at radius 1 is 0.875 bits per heavy atom. The van der Waals surface area contributed by atoms with Crippen LogP contribution in [0.15, 0.2) is 48.5 Å². The number of halogens is 3. The highest BCUT2D eigenvalue weighted by molar-refractivity contribution is 9.09. The predicted molar refractivity (Wildman–Crippen MR) is 132 cm³/mol. The number of unbranched alkanes of at least 4 members (excludes halogenated alkanes) is 2. The van der Waals surface area contributed by atoms with E-state index in [2.05, 4.69) is 20.7 Å². The normalized spacial score (nSPS) is 9.50. The van der Waals surface area contributed by atoms with E-state index in [0.29, 0.717) is 23.8 Å². The van der Waals surface area contributed by atoms with Crippen LogP contribution in [0.1, 0.15) is 46.4 Å². The first-order chi connectivity index (χ1) is 15.4. The van der Waals surface area contributed by atoms with Gasteiger partial charge in [-0.15, -0.1) is 23.2 Å². The molecule has 0 saturated heterocycles. The second-order valence-corrected chi connectivity index (χ2v) is 7.75. The molecule has 32 heavy (non-hydrogen) atoms. The van der Waals surface area contributed by atoms with Gasteiger partial charge in [0.25, 0.3) is 0 Å². The molecule has 0 aromatic heterocycles. The summed E-state index contributed by atoms with van der Waals surface area (Å²) < 4.78 is 9.85. The van der Waals surface area contributed by atoms with Gasteiger partial charge in [-0.3, -0.25) is 0 Å². The molecule has 0 unspecified atom stereocenters. The predicted octanol–water partition coefficient (Wildman–Crippen LogP) is 6.36. The lowest BCUT2D eigenvalue weighted by Crippen LogP contribution is -1.99. The number of carbonyl (C=O) groups is 2. The molecular formula is C23H29BrCl2O6. The van der Waals surface area contributed by atoms with Crippen molar-refractivity contribution in [1.29, 1.82) is 0 Å². The number of carboxylic acid groups (broad SMARTS) is 1. The van der Waals surface area contributed by atoms with Crippen LogP contribution in [-0.4, -0.2) is 53.0 Å². The molecule has 2 aromatic carbocycles. The van der Waals surface area contributed by atoms with Gasteiger partial charge in [0.1, 0.15) is 11.5 Å². The number of methoxy groups -OCH3 is 1. The lowest BCUT2D eigenvalue weighted by molar-refractivity contribution is 0.0599. The average Bonchev–Trinajstić information content (AvgIpc) is 2.81. The van der Waals surface area contributed by atoms with Crippen molar-refractivity contribution in [3.63, 3.8) is 0 Å². The summed E-state index contributed by atoms with van der Waals surface area (Å²) in [5, 5.41) is 18.6. The summed E-state index contributed by atoms with van der Waals surface area (Å²) in [6, 6.07) is 12.2. The summed E-state index contributed by atoms with van der Waals surface area (Å²) in [5.74, 6) is 0.938. The number of phenolic OH excluding ortho intramolecular Hbond substituents is 1. The average molecular weight is 552 g/mol. The van der Waals surface area contributed by atoms with Gasteiger partial charge in [-0.25, -0.2) is 9.59 Å². The summed E-state index contributed by atoms with van der Waals surface area (Å²) in [5.41, 5.74) is 0.702. The van der Waals surface area contributed by atoms with Crippen LogP contribution in [0.2, 0.25) is 0 Å². The number of ether oxygens (including phenoxy) is 2. The van der Waals surface area contributed by atoms with Crippen molar-refractivity contribution in [2.45, 2.75) is 25.7 Å². The number of esters is 1. The Bertz CT molecular complexity index is 750. The van der Waals surface area contributed by atoms with Crippen molar-refractivity contribution in [2.24, 2.45) is 0 Å². The quantitative estimate of drug-likeness (QED) is 0.203. The Labute approximate surface area is 207 Å². The highest BCUT2D eigenvalue weighted by Crippen LogP contribution is 2.12. The van der Waals surface area contributed by atoms with E-state index in [1.165, 1.54) is 49.9 Å². The number of aromatic carboxylic acids is 1. The summed E-state index contributed by atoms with van der Waals surface area (Å²) >= 11 is 14.2. The third-order valence-electron chi connectivity index (χ3n) is 3.70. The minimum atomic E-state index is -0.927. The van der Waals surface area contributed by atoms with Crippen LogP contribution in [0.4, 0.5) is 0 Å². The molecule has 0 aliphatic carbocycles. The number of carbonyl (C=O) groups excluding carboxylic acids is 1. The molecular weight excluding hydrogens is 523 g/mol. The first-order valence-electron chi connectivity index (χ1n) is 9.91. The fourth-order valence-electron chi connectivity index (χ4n) is 1.98. The number of carboxylic acids is 1. The Balaban J connectivity index is 0.000000496. The minimum Gasteiger partial charge on any atom is -0.508 e. The molecule has 0 fully saturated rings. The molecule has 0 bridgehead atoms. The molecule has 9 heteroatoms. The Morgan fingerprint density at radius 2 is 1.41 bits per heavy atom. The van der Waals surface area contributed by atoms with Gasteiger partial charge in [0, 0.05) is 17.1 Å². The minimum absolute atomic E-state index is 0.137. The summed E-state index contributed by atoms with van der Waals surface area (Å²) in [6.07, 6.45) is 4.16. The first-order valence-corrected chi connectivity index (χ1v) is 12.1. The lowest BCUT2D eigenvalue weighted by Gasteiger charge is -2.05. The van der Waals surface area contributed by atoms with E-state index in [1.54, 1.807) is 12.1 Å². The van der Waals surface area contributed by atoms with Crippen molar-refractivity contribution in [3.05, 3.63) is 59.7 Å². The Kier molecular flexibility index (Phi) is 18.5. The number of aromatic hydroxyl groups is 1. The SMILES string of the molecule is COC(=O)c1ccc(O)cc1.ClCCCCBr.O=C(O)c1ccc(OCCCCCl)cc1. The molecule has 0 spiro atoms. The molecule has 2 aromatic rings. The van der Waals surface area contributed by atoms with Crippen LogP contribution in [0.3, 0.4) is 0 Å². The zero-order valence-corrected chi connectivity index (χ0v) is 21.0. The third kappa shape index (κ3) is 14.9. The van der Waals surface area contributed by atoms with Gasteiger partial charge in [-0.1, -0.05) is 15.9 Å². The highest BCUT2D eigenvalue weighted by Gasteiger charge is 2.03. The largest absolute Gasteiger partial charge is 0.508 e. The van der Waals surface area contributed by atoms with Crippen molar-refractivity contribution >= 4 is 51.1 Å². The van der Waals surface area contributed by atoms with Crippen LogP contribution in [0.25, 0.3) is 0 Å². The molecule has 0 heterocycles. The number of rotatable bonds is 10.